The van der Waals surface area contributed by atoms with Gasteiger partial charge in [0, 0.05) is 6.92 Å². The van der Waals surface area contributed by atoms with E-state index in [1.165, 1.54) is 6.92 Å². The highest BCUT2D eigenvalue weighted by Gasteiger charge is 2.04. The van der Waals surface area contributed by atoms with Gasteiger partial charge in [0.15, 0.2) is 0 Å². The number of hydrogen-bond acceptors (Lipinski definition) is 4. The van der Waals surface area contributed by atoms with E-state index in [-0.39, 0.29) is 12.1 Å². The summed E-state index contributed by atoms with van der Waals surface area (Å²) in [6.07, 6.45) is 5.36. The van der Waals surface area contributed by atoms with E-state index in [0.29, 0.717) is 13.2 Å². The number of esters is 1. The minimum absolute atomic E-state index is 0.0749. The maximum atomic E-state index is 10.7. The molecule has 0 heterocycles. The zero-order valence-corrected chi connectivity index (χ0v) is 12.1. The minimum atomic E-state index is -0.249. The van der Waals surface area contributed by atoms with E-state index in [2.05, 4.69) is 0 Å². The molecule has 4 heteroatoms. The third-order valence-electron chi connectivity index (χ3n) is 2.56. The molecule has 0 aliphatic heterocycles. The molecular weight excluding hydrogens is 256 g/mol. The van der Waals surface area contributed by atoms with E-state index >= 15 is 0 Å². The summed E-state index contributed by atoms with van der Waals surface area (Å²) in [5.41, 5.74) is 1.13. The summed E-state index contributed by atoms with van der Waals surface area (Å²) >= 11 is 0. The van der Waals surface area contributed by atoms with Crippen molar-refractivity contribution in [3.8, 4) is 0 Å². The Morgan fingerprint density at radius 1 is 1.25 bits per heavy atom. The van der Waals surface area contributed by atoms with Crippen LogP contribution in [0.3, 0.4) is 0 Å². The van der Waals surface area contributed by atoms with Crippen LogP contribution in [0.2, 0.25) is 0 Å². The Morgan fingerprint density at radius 3 is 2.70 bits per heavy atom. The Hall–Kier alpha value is -1.65. The van der Waals surface area contributed by atoms with Gasteiger partial charge in [-0.2, -0.15) is 0 Å². The first kappa shape index (κ1) is 16.4. The van der Waals surface area contributed by atoms with Crippen molar-refractivity contribution < 1.29 is 19.3 Å². The van der Waals surface area contributed by atoms with Crippen LogP contribution in [0, 0.1) is 0 Å². The lowest BCUT2D eigenvalue weighted by Gasteiger charge is -2.10. The molecule has 1 aromatic carbocycles. The van der Waals surface area contributed by atoms with Crippen molar-refractivity contribution in [3.05, 3.63) is 42.0 Å². The summed E-state index contributed by atoms with van der Waals surface area (Å²) in [7, 11) is 0. The predicted octanol–water partition coefficient (Wildman–Crippen LogP) is 3.38. The molecule has 4 nitrogen and oxygen atoms in total. The third kappa shape index (κ3) is 8.45. The number of carbonyl (C=O) groups is 1. The quantitative estimate of drug-likeness (QED) is 0.301. The molecule has 0 saturated carbocycles. The van der Waals surface area contributed by atoms with E-state index in [1.807, 2.05) is 49.4 Å². The average molecular weight is 278 g/mol. The molecule has 1 atom stereocenters. The molecule has 20 heavy (non-hydrogen) atoms. The van der Waals surface area contributed by atoms with Crippen LogP contribution in [0.15, 0.2) is 36.4 Å². The van der Waals surface area contributed by atoms with Gasteiger partial charge in [0.2, 0.25) is 0 Å². The number of carbonyl (C=O) groups excluding carboxylic acids is 1. The fourth-order valence-corrected chi connectivity index (χ4v) is 1.67. The van der Waals surface area contributed by atoms with Gasteiger partial charge in [0.1, 0.15) is 6.61 Å². The van der Waals surface area contributed by atoms with Gasteiger partial charge in [-0.3, -0.25) is 4.79 Å². The Labute approximate surface area is 120 Å². The van der Waals surface area contributed by atoms with Gasteiger partial charge in [-0.05, 0) is 25.3 Å². The van der Waals surface area contributed by atoms with Gasteiger partial charge in [-0.15, -0.1) is 0 Å². The standard InChI is InChI=1S/C16H22O4/c1-14(20-15(2)17)8-6-12-18-19-13-7-11-16-9-4-3-5-10-16/h3-5,7,9-11,14H,6,8,12-13H2,1-2H3/b11-7-. The van der Waals surface area contributed by atoms with Crippen molar-refractivity contribution in [1.29, 1.82) is 0 Å². The lowest BCUT2D eigenvalue weighted by molar-refractivity contribution is -0.286. The van der Waals surface area contributed by atoms with E-state index in [9.17, 15) is 4.79 Å². The van der Waals surface area contributed by atoms with Gasteiger partial charge in [0.05, 0.1) is 12.7 Å². The molecule has 0 aliphatic carbocycles. The predicted molar refractivity (Wildman–Crippen MR) is 77.8 cm³/mol. The first-order valence-electron chi connectivity index (χ1n) is 6.81. The van der Waals surface area contributed by atoms with Crippen LogP contribution in [0.4, 0.5) is 0 Å². The maximum absolute atomic E-state index is 10.7. The summed E-state index contributed by atoms with van der Waals surface area (Å²) in [6.45, 7) is 4.18. The van der Waals surface area contributed by atoms with Crippen LogP contribution in [-0.4, -0.2) is 25.3 Å². The first-order valence-corrected chi connectivity index (χ1v) is 6.81. The lowest BCUT2D eigenvalue weighted by Crippen LogP contribution is -2.12. The fourth-order valence-electron chi connectivity index (χ4n) is 1.67. The molecule has 0 fully saturated rings. The second-order valence-electron chi connectivity index (χ2n) is 4.48. The van der Waals surface area contributed by atoms with Crippen LogP contribution in [0.1, 0.15) is 32.3 Å². The molecule has 0 aromatic heterocycles. The number of rotatable bonds is 9. The molecule has 1 unspecified atom stereocenters. The third-order valence-corrected chi connectivity index (χ3v) is 2.56. The molecule has 0 bridgehead atoms. The average Bonchev–Trinajstić information content (AvgIpc) is 2.42. The summed E-state index contributed by atoms with van der Waals surface area (Å²) in [4.78, 5) is 20.8. The highest BCUT2D eigenvalue weighted by Crippen LogP contribution is 2.03. The summed E-state index contributed by atoms with van der Waals surface area (Å²) in [5.74, 6) is -0.249. The van der Waals surface area contributed by atoms with Crippen LogP contribution in [0.5, 0.6) is 0 Å². The second-order valence-corrected chi connectivity index (χ2v) is 4.48. The second kappa shape index (κ2) is 10.2. The number of benzene rings is 1. The van der Waals surface area contributed by atoms with Crippen molar-refractivity contribution in [2.45, 2.75) is 32.8 Å². The number of hydrogen-bond donors (Lipinski definition) is 0. The first-order chi connectivity index (χ1) is 9.68. The molecule has 0 N–H and O–H groups in total. The minimum Gasteiger partial charge on any atom is -0.463 e. The van der Waals surface area contributed by atoms with E-state index < -0.39 is 0 Å². The summed E-state index contributed by atoms with van der Waals surface area (Å²) in [5, 5.41) is 0. The fraction of sp³-hybridized carbons (Fsp3) is 0.438. The van der Waals surface area contributed by atoms with E-state index in [0.717, 1.165) is 18.4 Å². The van der Waals surface area contributed by atoms with E-state index in [4.69, 9.17) is 14.5 Å². The molecule has 1 rings (SSSR count). The Bertz CT molecular complexity index is 400. The van der Waals surface area contributed by atoms with Crippen LogP contribution < -0.4 is 0 Å². The van der Waals surface area contributed by atoms with Gasteiger partial charge < -0.3 is 4.74 Å². The molecule has 0 aliphatic rings. The molecule has 0 spiro atoms. The SMILES string of the molecule is CC(=O)OC(C)CCCOOC/C=C\c1ccccc1. The van der Waals surface area contributed by atoms with Gasteiger partial charge in [0.25, 0.3) is 0 Å². The molecule has 0 radical (unpaired) electrons. The number of ether oxygens (including phenoxy) is 1. The van der Waals surface area contributed by atoms with Crippen LogP contribution in [0.25, 0.3) is 6.08 Å². The van der Waals surface area contributed by atoms with E-state index in [1.54, 1.807) is 0 Å². The highest BCUT2D eigenvalue weighted by molar-refractivity contribution is 5.66. The largest absolute Gasteiger partial charge is 0.463 e. The molecule has 0 amide bonds. The van der Waals surface area contributed by atoms with Crippen molar-refractivity contribution in [2.24, 2.45) is 0 Å². The van der Waals surface area contributed by atoms with Crippen molar-refractivity contribution in [2.75, 3.05) is 13.2 Å². The van der Waals surface area contributed by atoms with Gasteiger partial charge >= 0.3 is 5.97 Å². The monoisotopic (exact) mass is 278 g/mol. The molecule has 1 aromatic rings. The zero-order valence-electron chi connectivity index (χ0n) is 12.1. The lowest BCUT2D eigenvalue weighted by atomic mass is 10.2. The van der Waals surface area contributed by atoms with Crippen LogP contribution >= 0.6 is 0 Å². The highest BCUT2D eigenvalue weighted by atomic mass is 17.2. The maximum Gasteiger partial charge on any atom is 0.302 e. The molecular formula is C16H22O4. The molecule has 0 saturated heterocycles. The van der Waals surface area contributed by atoms with Crippen LogP contribution in [-0.2, 0) is 19.3 Å². The normalized spacial score (nSPS) is 12.5. The topological polar surface area (TPSA) is 44.8 Å². The Kier molecular flexibility index (Phi) is 8.35. The summed E-state index contributed by atoms with van der Waals surface area (Å²) in [6, 6.07) is 10.00. The van der Waals surface area contributed by atoms with Gasteiger partial charge in [-0.1, -0.05) is 42.5 Å². The van der Waals surface area contributed by atoms with Crippen molar-refractivity contribution in [1.82, 2.24) is 0 Å². The van der Waals surface area contributed by atoms with Crippen molar-refractivity contribution >= 4 is 12.0 Å². The molecule has 110 valence electrons. The van der Waals surface area contributed by atoms with Crippen molar-refractivity contribution in [3.63, 3.8) is 0 Å². The Morgan fingerprint density at radius 2 is 2.00 bits per heavy atom. The Balaban J connectivity index is 1.97. The van der Waals surface area contributed by atoms with Gasteiger partial charge in [-0.25, -0.2) is 9.78 Å². The smallest absolute Gasteiger partial charge is 0.302 e. The summed E-state index contributed by atoms with van der Waals surface area (Å²) < 4.78 is 5.00. The zero-order chi connectivity index (χ0) is 14.6.